The van der Waals surface area contributed by atoms with Gasteiger partial charge in [0.1, 0.15) is 17.7 Å². The first kappa shape index (κ1) is 20.0. The predicted molar refractivity (Wildman–Crippen MR) is 114 cm³/mol. The molecule has 2 heterocycles. The van der Waals surface area contributed by atoms with E-state index >= 15 is 0 Å². The summed E-state index contributed by atoms with van der Waals surface area (Å²) in [6, 6.07) is 10.9. The maximum Gasteiger partial charge on any atom is 0.261 e. The number of carbonyl (C=O) groups is 1. The molecule has 1 amide bonds. The summed E-state index contributed by atoms with van der Waals surface area (Å²) in [6.07, 6.45) is 4.59. The highest BCUT2D eigenvalue weighted by atomic mass is 32.2. The molecule has 0 radical (unpaired) electrons. The number of nitrogens with one attached hydrogen (secondary N) is 2. The van der Waals surface area contributed by atoms with Crippen LogP contribution in [0.2, 0.25) is 0 Å². The summed E-state index contributed by atoms with van der Waals surface area (Å²) >= 11 is 1.31. The van der Waals surface area contributed by atoms with Crippen molar-refractivity contribution in [2.45, 2.75) is 6.42 Å². The molecule has 2 aromatic carbocycles. The first-order valence-electron chi connectivity index (χ1n) is 8.76. The van der Waals surface area contributed by atoms with Crippen LogP contribution in [0.15, 0.2) is 59.3 Å². The van der Waals surface area contributed by atoms with Gasteiger partial charge in [-0.3, -0.25) is 14.8 Å². The van der Waals surface area contributed by atoms with Crippen LogP contribution in [0.25, 0.3) is 11.0 Å². The van der Waals surface area contributed by atoms with Gasteiger partial charge in [0.05, 0.1) is 11.8 Å². The molecular formula is C20H16FN3O4S2. The number of fused-ring (bicyclic) bond motifs is 1. The second-order valence-electron chi connectivity index (χ2n) is 6.62. The van der Waals surface area contributed by atoms with Gasteiger partial charge in [0.2, 0.25) is 10.0 Å². The van der Waals surface area contributed by atoms with Crippen LogP contribution >= 0.6 is 11.3 Å². The van der Waals surface area contributed by atoms with Crippen LogP contribution in [0.1, 0.15) is 20.8 Å². The van der Waals surface area contributed by atoms with Gasteiger partial charge in [0, 0.05) is 28.6 Å². The summed E-state index contributed by atoms with van der Waals surface area (Å²) in [4.78, 5) is 17.8. The second kappa shape index (κ2) is 7.88. The number of thiazole rings is 1. The lowest BCUT2D eigenvalue weighted by atomic mass is 10.1. The third-order valence-electron chi connectivity index (χ3n) is 4.19. The fourth-order valence-corrected chi connectivity index (χ4v) is 4.29. The molecule has 0 saturated heterocycles. The van der Waals surface area contributed by atoms with E-state index in [0.717, 1.165) is 16.7 Å². The van der Waals surface area contributed by atoms with Crippen LogP contribution in [0.3, 0.4) is 0 Å². The molecule has 0 saturated carbocycles. The summed E-state index contributed by atoms with van der Waals surface area (Å²) in [5.74, 6) is -0.717. The lowest BCUT2D eigenvalue weighted by molar-refractivity contribution is 0.102. The van der Waals surface area contributed by atoms with Crippen LogP contribution in [-0.2, 0) is 16.4 Å². The number of rotatable bonds is 6. The Labute approximate surface area is 175 Å². The number of benzene rings is 2. The molecule has 10 heteroatoms. The van der Waals surface area contributed by atoms with Gasteiger partial charge in [-0.15, -0.1) is 11.3 Å². The number of hydrogen-bond donors (Lipinski definition) is 2. The average molecular weight is 445 g/mol. The Morgan fingerprint density at radius 2 is 1.97 bits per heavy atom. The van der Waals surface area contributed by atoms with Crippen molar-refractivity contribution < 1.29 is 22.0 Å². The minimum atomic E-state index is -3.45. The fraction of sp³-hybridized carbons (Fsp3) is 0.100. The molecule has 0 aliphatic carbocycles. The van der Waals surface area contributed by atoms with Crippen molar-refractivity contribution in [3.63, 3.8) is 0 Å². The van der Waals surface area contributed by atoms with Crippen molar-refractivity contribution in [1.82, 2.24) is 4.98 Å². The topological polar surface area (TPSA) is 101 Å². The molecule has 0 aliphatic rings. The van der Waals surface area contributed by atoms with E-state index in [9.17, 15) is 17.6 Å². The number of halogens is 1. The maximum atomic E-state index is 13.0. The number of nitrogens with zero attached hydrogens (tertiary/aromatic N) is 1. The summed E-state index contributed by atoms with van der Waals surface area (Å²) in [7, 11) is -3.45. The van der Waals surface area contributed by atoms with E-state index in [2.05, 4.69) is 15.0 Å². The molecular weight excluding hydrogens is 429 g/mol. The molecule has 0 aliphatic heterocycles. The molecule has 0 fully saturated rings. The highest BCUT2D eigenvalue weighted by Gasteiger charge is 2.17. The molecule has 2 aromatic heterocycles. The van der Waals surface area contributed by atoms with Crippen LogP contribution in [0.5, 0.6) is 0 Å². The van der Waals surface area contributed by atoms with Crippen LogP contribution < -0.4 is 10.0 Å². The van der Waals surface area contributed by atoms with Gasteiger partial charge in [0.25, 0.3) is 5.91 Å². The third-order valence-corrected chi connectivity index (χ3v) is 5.71. The van der Waals surface area contributed by atoms with E-state index in [1.54, 1.807) is 30.5 Å². The Hall–Kier alpha value is -3.24. The molecule has 0 bridgehead atoms. The minimum absolute atomic E-state index is 0.262. The molecule has 0 atom stereocenters. The first-order chi connectivity index (χ1) is 14.3. The Bertz CT molecular complexity index is 1330. The molecule has 4 aromatic rings. The third kappa shape index (κ3) is 4.66. The van der Waals surface area contributed by atoms with Crippen molar-refractivity contribution in [1.29, 1.82) is 0 Å². The van der Waals surface area contributed by atoms with Gasteiger partial charge in [-0.05, 0) is 35.9 Å². The van der Waals surface area contributed by atoms with E-state index < -0.39 is 15.9 Å². The van der Waals surface area contributed by atoms with Gasteiger partial charge in [-0.2, -0.15) is 0 Å². The molecule has 0 spiro atoms. The van der Waals surface area contributed by atoms with Gasteiger partial charge in [-0.1, -0.05) is 12.1 Å². The van der Waals surface area contributed by atoms with E-state index in [4.69, 9.17) is 4.42 Å². The molecule has 4 rings (SSSR count). The zero-order valence-corrected chi connectivity index (χ0v) is 17.3. The number of amides is 1. The van der Waals surface area contributed by atoms with Crippen molar-refractivity contribution in [3.05, 3.63) is 76.7 Å². The molecule has 2 N–H and O–H groups in total. The van der Waals surface area contributed by atoms with Crippen molar-refractivity contribution in [2.75, 3.05) is 16.3 Å². The smallest absolute Gasteiger partial charge is 0.261 e. The summed E-state index contributed by atoms with van der Waals surface area (Å²) in [5, 5.41) is 3.62. The molecule has 154 valence electrons. The van der Waals surface area contributed by atoms with E-state index in [-0.39, 0.29) is 11.4 Å². The normalized spacial score (nSPS) is 11.5. The van der Waals surface area contributed by atoms with E-state index in [1.807, 2.05) is 0 Å². The molecule has 30 heavy (non-hydrogen) atoms. The Balaban J connectivity index is 1.51. The predicted octanol–water partition coefficient (Wildman–Crippen LogP) is 4.24. The summed E-state index contributed by atoms with van der Waals surface area (Å²) in [5.41, 5.74) is 1.98. The van der Waals surface area contributed by atoms with Crippen LogP contribution in [0, 0.1) is 5.82 Å². The number of hydrogen-bond acceptors (Lipinski definition) is 6. The van der Waals surface area contributed by atoms with Crippen molar-refractivity contribution in [2.24, 2.45) is 0 Å². The van der Waals surface area contributed by atoms with E-state index in [0.29, 0.717) is 28.2 Å². The monoisotopic (exact) mass is 445 g/mol. The summed E-state index contributed by atoms with van der Waals surface area (Å²) in [6.45, 7) is 0. The second-order valence-corrected chi connectivity index (χ2v) is 9.49. The highest BCUT2D eigenvalue weighted by molar-refractivity contribution is 7.92. The number of sulfonamides is 1. The quantitative estimate of drug-likeness (QED) is 0.462. The number of aromatic nitrogens is 1. The average Bonchev–Trinajstić information content (AvgIpc) is 3.28. The molecule has 0 unspecified atom stereocenters. The van der Waals surface area contributed by atoms with E-state index in [1.165, 1.54) is 35.8 Å². The number of furan rings is 1. The lowest BCUT2D eigenvalue weighted by Crippen LogP contribution is -2.11. The molecule has 7 nitrogen and oxygen atoms in total. The Kier molecular flexibility index (Phi) is 5.27. The standard InChI is InChI=1S/C20H16FN3O4S2/c1-30(26,27)24-14-6-7-18-16(9-14)17(11-28-18)19(25)23-20-22-10-15(29-20)8-12-2-4-13(21)5-3-12/h2-7,9-11,24H,8H2,1H3,(H,22,23,25). The Morgan fingerprint density at radius 1 is 1.20 bits per heavy atom. The number of carbonyl (C=O) groups excluding carboxylic acids is 1. The van der Waals surface area contributed by atoms with Gasteiger partial charge in [-0.25, -0.2) is 17.8 Å². The zero-order chi connectivity index (χ0) is 21.3. The van der Waals surface area contributed by atoms with Crippen LogP contribution in [0.4, 0.5) is 15.2 Å². The number of anilines is 2. The van der Waals surface area contributed by atoms with Gasteiger partial charge in [0.15, 0.2) is 5.13 Å². The maximum absolute atomic E-state index is 13.0. The minimum Gasteiger partial charge on any atom is -0.463 e. The lowest BCUT2D eigenvalue weighted by Gasteiger charge is -2.04. The first-order valence-corrected chi connectivity index (χ1v) is 11.5. The van der Waals surface area contributed by atoms with Gasteiger partial charge >= 0.3 is 0 Å². The van der Waals surface area contributed by atoms with Crippen molar-refractivity contribution >= 4 is 49.1 Å². The zero-order valence-electron chi connectivity index (χ0n) is 15.7. The summed E-state index contributed by atoms with van der Waals surface area (Å²) < 4.78 is 43.7. The van der Waals surface area contributed by atoms with Gasteiger partial charge < -0.3 is 4.42 Å². The van der Waals surface area contributed by atoms with Crippen molar-refractivity contribution in [3.8, 4) is 0 Å². The highest BCUT2D eigenvalue weighted by Crippen LogP contribution is 2.27. The SMILES string of the molecule is CS(=O)(=O)Nc1ccc2occ(C(=O)Nc3ncc(Cc4ccc(F)cc4)s3)c2c1. The van der Waals surface area contributed by atoms with Crippen LogP contribution in [-0.4, -0.2) is 25.6 Å². The fourth-order valence-electron chi connectivity index (χ4n) is 2.90. The Morgan fingerprint density at radius 3 is 2.70 bits per heavy atom. The largest absolute Gasteiger partial charge is 0.463 e.